The Kier molecular flexibility index (Phi) is 7.03. The molecule has 16 heavy (non-hydrogen) atoms. The maximum atomic E-state index is 11.0. The van der Waals surface area contributed by atoms with Gasteiger partial charge in [-0.2, -0.15) is 0 Å². The number of carbonyl (C=O) groups is 1. The number of ether oxygens (including phenoxy) is 1. The van der Waals surface area contributed by atoms with Crippen LogP contribution in [0.1, 0.15) is 20.8 Å². The van der Waals surface area contributed by atoms with Gasteiger partial charge in [0.1, 0.15) is 0 Å². The molecule has 0 fully saturated rings. The van der Waals surface area contributed by atoms with Crippen molar-refractivity contribution >= 4 is 18.5 Å². The summed E-state index contributed by atoms with van der Waals surface area (Å²) in [5.41, 5.74) is 2.40. The second-order valence-corrected chi connectivity index (χ2v) is 3.15. The van der Waals surface area contributed by atoms with Gasteiger partial charge in [-0.05, 0) is 33.1 Å². The van der Waals surface area contributed by atoms with E-state index in [0.717, 1.165) is 11.3 Å². The molecule has 90 valence electrons. The second kappa shape index (κ2) is 7.76. The first kappa shape index (κ1) is 14.5. The lowest BCUT2D eigenvalue weighted by Gasteiger charge is -2.10. The number of nitrogens with zero attached hydrogens (tertiary/aromatic N) is 2. The largest absolute Gasteiger partial charge is 0.375 e. The first-order valence-electron chi connectivity index (χ1n) is 5.05. The average molecular weight is 225 g/mol. The highest BCUT2D eigenvalue weighted by atomic mass is 16.5. The molecule has 5 heteroatoms. The molecule has 0 radical (unpaired) electrons. The van der Waals surface area contributed by atoms with E-state index in [-0.39, 0.29) is 0 Å². The van der Waals surface area contributed by atoms with Crippen molar-refractivity contribution in [2.75, 3.05) is 20.3 Å². The highest BCUT2D eigenvalue weighted by Gasteiger charge is 2.07. The van der Waals surface area contributed by atoms with E-state index >= 15 is 0 Å². The van der Waals surface area contributed by atoms with Crippen LogP contribution in [-0.4, -0.2) is 38.7 Å². The standard InChI is InChI=1S/C11H19N3O2/c1-6-16-7-10(12-4)8(2)9(3)14-11(15)13-5/h5-7H2,1-4H3,(H,14,15)/b9-8+,12-10?. The molecule has 0 aromatic carbocycles. The molecule has 0 rings (SSSR count). The van der Waals surface area contributed by atoms with Crippen molar-refractivity contribution in [3.8, 4) is 0 Å². The van der Waals surface area contributed by atoms with Crippen LogP contribution in [-0.2, 0) is 4.74 Å². The summed E-state index contributed by atoms with van der Waals surface area (Å²) in [7, 11) is 1.69. The summed E-state index contributed by atoms with van der Waals surface area (Å²) in [4.78, 5) is 18.4. The fourth-order valence-corrected chi connectivity index (χ4v) is 1.05. The predicted molar refractivity (Wildman–Crippen MR) is 66.3 cm³/mol. The van der Waals surface area contributed by atoms with Gasteiger partial charge < -0.3 is 10.1 Å². The molecule has 0 aromatic rings. The fourth-order valence-electron chi connectivity index (χ4n) is 1.05. The first-order valence-corrected chi connectivity index (χ1v) is 5.05. The smallest absolute Gasteiger partial charge is 0.344 e. The number of allylic oxidation sites excluding steroid dienone is 1. The zero-order chi connectivity index (χ0) is 12.6. The Morgan fingerprint density at radius 3 is 2.50 bits per heavy atom. The molecule has 0 saturated heterocycles. The lowest BCUT2D eigenvalue weighted by Crippen LogP contribution is -2.21. The first-order chi connectivity index (χ1) is 7.56. The Hall–Kier alpha value is -1.49. The minimum Gasteiger partial charge on any atom is -0.375 e. The van der Waals surface area contributed by atoms with Crippen molar-refractivity contribution in [2.45, 2.75) is 20.8 Å². The molecule has 5 nitrogen and oxygen atoms in total. The third kappa shape index (κ3) is 4.84. The monoisotopic (exact) mass is 225 g/mol. The number of rotatable bonds is 5. The normalized spacial score (nSPS) is 13.1. The summed E-state index contributed by atoms with van der Waals surface area (Å²) >= 11 is 0. The summed E-state index contributed by atoms with van der Waals surface area (Å²) in [5, 5.41) is 2.60. The van der Waals surface area contributed by atoms with Crippen LogP contribution in [0.4, 0.5) is 4.79 Å². The Morgan fingerprint density at radius 1 is 1.44 bits per heavy atom. The van der Waals surface area contributed by atoms with E-state index in [1.807, 2.05) is 13.8 Å². The van der Waals surface area contributed by atoms with Crippen molar-refractivity contribution in [1.29, 1.82) is 0 Å². The van der Waals surface area contributed by atoms with Gasteiger partial charge in [-0.15, -0.1) is 0 Å². The van der Waals surface area contributed by atoms with Gasteiger partial charge in [0.2, 0.25) is 0 Å². The number of carbonyl (C=O) groups excluding carboxylic acids is 1. The highest BCUT2D eigenvalue weighted by molar-refractivity contribution is 6.01. The van der Waals surface area contributed by atoms with Crippen LogP contribution in [0.25, 0.3) is 0 Å². The van der Waals surface area contributed by atoms with E-state index < -0.39 is 6.03 Å². The molecule has 0 aromatic heterocycles. The molecular weight excluding hydrogens is 206 g/mol. The third-order valence-corrected chi connectivity index (χ3v) is 2.15. The van der Waals surface area contributed by atoms with Crippen LogP contribution in [0, 0.1) is 0 Å². The molecule has 0 aliphatic carbocycles. The second-order valence-electron chi connectivity index (χ2n) is 3.15. The van der Waals surface area contributed by atoms with Crippen molar-refractivity contribution in [1.82, 2.24) is 5.32 Å². The van der Waals surface area contributed by atoms with E-state index in [1.54, 1.807) is 14.0 Å². The van der Waals surface area contributed by atoms with E-state index in [9.17, 15) is 4.79 Å². The Labute approximate surface area is 96.3 Å². The summed E-state index contributed by atoms with van der Waals surface area (Å²) in [6.45, 7) is 9.80. The summed E-state index contributed by atoms with van der Waals surface area (Å²) in [6, 6.07) is -0.469. The molecule has 0 spiro atoms. The Bertz CT molecular complexity index is 319. The molecule has 0 aliphatic rings. The number of urea groups is 1. The van der Waals surface area contributed by atoms with E-state index in [2.05, 4.69) is 22.0 Å². The number of nitrogens with one attached hydrogen (secondary N) is 1. The maximum absolute atomic E-state index is 11.0. The van der Waals surface area contributed by atoms with Crippen LogP contribution in [0.2, 0.25) is 0 Å². The molecule has 2 amide bonds. The van der Waals surface area contributed by atoms with Crippen molar-refractivity contribution in [3.63, 3.8) is 0 Å². The van der Waals surface area contributed by atoms with Crippen molar-refractivity contribution in [2.24, 2.45) is 9.98 Å². The number of aliphatic imine (C=N–C) groups is 2. The molecule has 0 aliphatic heterocycles. The van der Waals surface area contributed by atoms with E-state index in [1.165, 1.54) is 0 Å². The van der Waals surface area contributed by atoms with Crippen LogP contribution in [0.15, 0.2) is 21.3 Å². The van der Waals surface area contributed by atoms with Gasteiger partial charge in [0.25, 0.3) is 0 Å². The summed E-state index contributed by atoms with van der Waals surface area (Å²) in [6.07, 6.45) is 0. The number of hydrogen-bond donors (Lipinski definition) is 1. The van der Waals surface area contributed by atoms with Gasteiger partial charge in [-0.3, -0.25) is 4.99 Å². The van der Waals surface area contributed by atoms with Crippen LogP contribution in [0.3, 0.4) is 0 Å². The third-order valence-electron chi connectivity index (χ3n) is 2.15. The zero-order valence-corrected chi connectivity index (χ0v) is 10.3. The minimum absolute atomic E-state index is 0.438. The van der Waals surface area contributed by atoms with E-state index in [0.29, 0.717) is 18.9 Å². The average Bonchev–Trinajstić information content (AvgIpc) is 2.29. The van der Waals surface area contributed by atoms with Gasteiger partial charge in [0, 0.05) is 19.4 Å². The quantitative estimate of drug-likeness (QED) is 0.725. The Morgan fingerprint density at radius 2 is 2.06 bits per heavy atom. The van der Waals surface area contributed by atoms with Crippen LogP contribution in [0.5, 0.6) is 0 Å². The maximum Gasteiger partial charge on any atom is 0.344 e. The van der Waals surface area contributed by atoms with Gasteiger partial charge in [-0.25, -0.2) is 9.79 Å². The SMILES string of the molecule is C=NC(=O)N/C(C)=C(\C)C(COCC)=NC. The van der Waals surface area contributed by atoms with Gasteiger partial charge in [0.15, 0.2) is 0 Å². The minimum atomic E-state index is -0.469. The molecule has 0 heterocycles. The van der Waals surface area contributed by atoms with Crippen molar-refractivity contribution in [3.05, 3.63) is 11.3 Å². The Balaban J connectivity index is 4.69. The lowest BCUT2D eigenvalue weighted by atomic mass is 10.1. The number of amides is 2. The number of hydrogen-bond acceptors (Lipinski definition) is 3. The molecule has 0 saturated carbocycles. The van der Waals surface area contributed by atoms with Crippen molar-refractivity contribution < 1.29 is 9.53 Å². The predicted octanol–water partition coefficient (Wildman–Crippen LogP) is 1.80. The van der Waals surface area contributed by atoms with Crippen LogP contribution < -0.4 is 5.32 Å². The van der Waals surface area contributed by atoms with E-state index in [4.69, 9.17) is 4.74 Å². The molecule has 1 N–H and O–H groups in total. The zero-order valence-electron chi connectivity index (χ0n) is 10.3. The molecule has 0 bridgehead atoms. The molecule has 0 atom stereocenters. The topological polar surface area (TPSA) is 63.0 Å². The summed E-state index contributed by atoms with van der Waals surface area (Å²) in [5.74, 6) is 0. The summed E-state index contributed by atoms with van der Waals surface area (Å²) < 4.78 is 5.28. The molecular formula is C11H19N3O2. The van der Waals surface area contributed by atoms with Gasteiger partial charge in [-0.1, -0.05) is 0 Å². The van der Waals surface area contributed by atoms with Crippen LogP contribution >= 0.6 is 0 Å². The fraction of sp³-hybridized carbons (Fsp3) is 0.545. The lowest BCUT2D eigenvalue weighted by molar-refractivity contribution is 0.187. The molecule has 0 unspecified atom stereocenters. The van der Waals surface area contributed by atoms with Gasteiger partial charge >= 0.3 is 6.03 Å². The highest BCUT2D eigenvalue weighted by Crippen LogP contribution is 2.04. The van der Waals surface area contributed by atoms with Gasteiger partial charge in [0.05, 0.1) is 12.3 Å².